The van der Waals surface area contributed by atoms with Gasteiger partial charge in [0.1, 0.15) is 0 Å². The highest BCUT2D eigenvalue weighted by molar-refractivity contribution is 6.31. The van der Waals surface area contributed by atoms with Crippen LogP contribution in [0.5, 0.6) is 0 Å². The number of aliphatic hydroxyl groups is 1. The van der Waals surface area contributed by atoms with Crippen molar-refractivity contribution in [2.45, 2.75) is 6.92 Å². The number of halogens is 1. The molecule has 2 unspecified atom stereocenters. The van der Waals surface area contributed by atoms with Gasteiger partial charge in [0.15, 0.2) is 0 Å². The number of ether oxygens (including phenoxy) is 1. The Morgan fingerprint density at radius 3 is 2.85 bits per heavy atom. The fourth-order valence-electron chi connectivity index (χ4n) is 3.94. The number of aryl methyl sites for hydroxylation is 1. The largest absolute Gasteiger partial charge is 0.396 e. The van der Waals surface area contributed by atoms with Crippen molar-refractivity contribution < 1.29 is 9.84 Å². The van der Waals surface area contributed by atoms with Crippen LogP contribution in [-0.2, 0) is 4.74 Å². The molecule has 1 aliphatic heterocycles. The minimum absolute atomic E-state index is 0.210. The fraction of sp³-hybridized carbons (Fsp3) is 0.550. The molecule has 2 atom stereocenters. The number of aromatic nitrogens is 1. The average molecular weight is 378 g/mol. The first-order chi connectivity index (χ1) is 12.5. The molecular weight excluding hydrogens is 350 g/mol. The predicted molar refractivity (Wildman–Crippen MR) is 107 cm³/mol. The molecule has 2 heterocycles. The zero-order valence-electron chi connectivity index (χ0n) is 15.8. The third-order valence-corrected chi connectivity index (χ3v) is 5.57. The number of methoxy groups -OCH3 is 1. The van der Waals surface area contributed by atoms with Crippen LogP contribution in [0.1, 0.15) is 5.56 Å². The lowest BCUT2D eigenvalue weighted by molar-refractivity contribution is 0.136. The molecule has 0 saturated carbocycles. The molecule has 0 aliphatic carbocycles. The van der Waals surface area contributed by atoms with E-state index in [1.54, 1.807) is 7.11 Å². The number of pyridine rings is 1. The van der Waals surface area contributed by atoms with E-state index in [1.807, 2.05) is 25.3 Å². The zero-order valence-corrected chi connectivity index (χ0v) is 16.5. The summed E-state index contributed by atoms with van der Waals surface area (Å²) in [5.74, 6) is 0.689. The number of hydrogen-bond acceptors (Lipinski definition) is 5. The molecule has 6 heteroatoms. The van der Waals surface area contributed by atoms with E-state index in [4.69, 9.17) is 16.3 Å². The number of fused-ring (bicyclic) bond motifs is 1. The minimum atomic E-state index is 0.210. The van der Waals surface area contributed by atoms with Gasteiger partial charge in [-0.05, 0) is 43.7 Å². The Kier molecular flexibility index (Phi) is 6.35. The van der Waals surface area contributed by atoms with E-state index in [-0.39, 0.29) is 12.5 Å². The molecule has 0 spiro atoms. The third-order valence-electron chi connectivity index (χ3n) is 5.35. The molecule has 1 N–H and O–H groups in total. The molecule has 5 nitrogen and oxygen atoms in total. The summed E-state index contributed by atoms with van der Waals surface area (Å²) in [5, 5.41) is 11.7. The Balaban J connectivity index is 1.83. The van der Waals surface area contributed by atoms with Crippen molar-refractivity contribution >= 4 is 28.2 Å². The Hall–Kier alpha value is -1.40. The lowest BCUT2D eigenvalue weighted by Crippen LogP contribution is -2.33. The number of benzene rings is 1. The molecule has 26 heavy (non-hydrogen) atoms. The first-order valence-corrected chi connectivity index (χ1v) is 9.49. The lowest BCUT2D eigenvalue weighted by Gasteiger charge is -2.24. The second kappa shape index (κ2) is 8.53. The first-order valence-electron chi connectivity index (χ1n) is 9.11. The maximum Gasteiger partial charge on any atom is 0.0752 e. The molecule has 2 aromatic rings. The monoisotopic (exact) mass is 377 g/mol. The number of likely N-dealkylation sites (N-methyl/N-ethyl adjacent to an activating group) is 1. The van der Waals surface area contributed by atoms with Gasteiger partial charge in [-0.1, -0.05) is 11.6 Å². The summed E-state index contributed by atoms with van der Waals surface area (Å²) in [6.45, 7) is 6.61. The maximum atomic E-state index is 9.89. The van der Waals surface area contributed by atoms with Crippen molar-refractivity contribution in [2.75, 3.05) is 58.5 Å². The maximum absolute atomic E-state index is 9.89. The Labute approximate surface area is 160 Å². The standard InChI is InChI=1S/C20H28ClN3O2/c1-14-8-17(21)9-18-19(4-5-22-20(14)18)24-11-15(16(12-24)13-25)10-23(2)6-7-26-3/h4-5,8-9,15-16,25H,6-7,10-13H2,1-3H3. The molecule has 0 amide bonds. The molecule has 0 bridgehead atoms. The summed E-state index contributed by atoms with van der Waals surface area (Å²) in [6, 6.07) is 6.01. The Bertz CT molecular complexity index is 755. The van der Waals surface area contributed by atoms with Crippen molar-refractivity contribution in [1.82, 2.24) is 9.88 Å². The van der Waals surface area contributed by atoms with Crippen molar-refractivity contribution in [2.24, 2.45) is 11.8 Å². The summed E-state index contributed by atoms with van der Waals surface area (Å²) < 4.78 is 5.17. The van der Waals surface area contributed by atoms with Crippen molar-refractivity contribution in [3.8, 4) is 0 Å². The van der Waals surface area contributed by atoms with Crippen LogP contribution >= 0.6 is 11.6 Å². The molecular formula is C20H28ClN3O2. The third kappa shape index (κ3) is 4.12. The quantitative estimate of drug-likeness (QED) is 0.804. The van der Waals surface area contributed by atoms with E-state index >= 15 is 0 Å². The normalized spacial score (nSPS) is 20.5. The second-order valence-corrected chi connectivity index (χ2v) is 7.75. The summed E-state index contributed by atoms with van der Waals surface area (Å²) in [6.07, 6.45) is 1.87. The zero-order chi connectivity index (χ0) is 18.7. The molecule has 0 radical (unpaired) electrons. The topological polar surface area (TPSA) is 48.8 Å². The molecule has 1 fully saturated rings. The molecule has 3 rings (SSSR count). The van der Waals surface area contributed by atoms with E-state index in [9.17, 15) is 5.11 Å². The second-order valence-electron chi connectivity index (χ2n) is 7.31. The van der Waals surface area contributed by atoms with Gasteiger partial charge < -0.3 is 19.6 Å². The predicted octanol–water partition coefficient (Wildman–Crippen LogP) is 2.82. The van der Waals surface area contributed by atoms with E-state index in [0.29, 0.717) is 5.92 Å². The number of hydrogen-bond donors (Lipinski definition) is 1. The van der Waals surface area contributed by atoms with Gasteiger partial charge in [-0.3, -0.25) is 4.98 Å². The van der Waals surface area contributed by atoms with Crippen LogP contribution < -0.4 is 4.90 Å². The van der Waals surface area contributed by atoms with Gasteiger partial charge in [0.2, 0.25) is 0 Å². The van der Waals surface area contributed by atoms with E-state index in [1.165, 1.54) is 0 Å². The SMILES string of the molecule is COCCN(C)CC1CN(c2ccnc3c(C)cc(Cl)cc23)CC1CO. The van der Waals surface area contributed by atoms with Gasteiger partial charge in [0.25, 0.3) is 0 Å². The number of rotatable bonds is 7. The Morgan fingerprint density at radius 1 is 1.35 bits per heavy atom. The van der Waals surface area contributed by atoms with Gasteiger partial charge in [-0.2, -0.15) is 0 Å². The Morgan fingerprint density at radius 2 is 2.12 bits per heavy atom. The minimum Gasteiger partial charge on any atom is -0.396 e. The lowest BCUT2D eigenvalue weighted by atomic mass is 9.96. The van der Waals surface area contributed by atoms with E-state index < -0.39 is 0 Å². The highest BCUT2D eigenvalue weighted by Gasteiger charge is 2.33. The van der Waals surface area contributed by atoms with Crippen LogP contribution in [0.2, 0.25) is 5.02 Å². The van der Waals surface area contributed by atoms with Crippen LogP contribution in [-0.4, -0.2) is 68.5 Å². The fourth-order valence-corrected chi connectivity index (χ4v) is 4.21. The number of anilines is 1. The molecule has 142 valence electrons. The number of aliphatic hydroxyl groups excluding tert-OH is 1. The van der Waals surface area contributed by atoms with Gasteiger partial charge in [0.05, 0.1) is 12.1 Å². The van der Waals surface area contributed by atoms with Crippen molar-refractivity contribution in [3.05, 3.63) is 35.0 Å². The smallest absolute Gasteiger partial charge is 0.0752 e. The van der Waals surface area contributed by atoms with Crippen LogP contribution in [0.4, 0.5) is 5.69 Å². The van der Waals surface area contributed by atoms with Crippen molar-refractivity contribution in [1.29, 1.82) is 0 Å². The van der Waals surface area contributed by atoms with Crippen LogP contribution in [0.3, 0.4) is 0 Å². The molecule has 1 aromatic carbocycles. The average Bonchev–Trinajstić information content (AvgIpc) is 3.02. The summed E-state index contributed by atoms with van der Waals surface area (Å²) in [5.41, 5.74) is 3.23. The van der Waals surface area contributed by atoms with E-state index in [2.05, 4.69) is 27.9 Å². The highest BCUT2D eigenvalue weighted by Crippen LogP contribution is 2.35. The van der Waals surface area contributed by atoms with Gasteiger partial charge in [-0.15, -0.1) is 0 Å². The molecule has 1 aliphatic rings. The van der Waals surface area contributed by atoms with Crippen LogP contribution in [0.25, 0.3) is 10.9 Å². The first kappa shape index (κ1) is 19.4. The number of nitrogens with zero attached hydrogens (tertiary/aromatic N) is 3. The van der Waals surface area contributed by atoms with Crippen molar-refractivity contribution in [3.63, 3.8) is 0 Å². The van der Waals surface area contributed by atoms with Gasteiger partial charge in [0, 0.05) is 68.1 Å². The summed E-state index contributed by atoms with van der Waals surface area (Å²) >= 11 is 6.30. The summed E-state index contributed by atoms with van der Waals surface area (Å²) in [7, 11) is 3.84. The molecule has 1 aromatic heterocycles. The summed E-state index contributed by atoms with van der Waals surface area (Å²) in [4.78, 5) is 9.19. The van der Waals surface area contributed by atoms with Crippen LogP contribution in [0.15, 0.2) is 24.4 Å². The highest BCUT2D eigenvalue weighted by atomic mass is 35.5. The van der Waals surface area contributed by atoms with Crippen LogP contribution in [0, 0.1) is 18.8 Å². The van der Waals surface area contributed by atoms with Gasteiger partial charge in [-0.25, -0.2) is 0 Å². The molecule has 1 saturated heterocycles. The van der Waals surface area contributed by atoms with E-state index in [0.717, 1.165) is 60.0 Å². The van der Waals surface area contributed by atoms with Gasteiger partial charge >= 0.3 is 0 Å².